The molecule has 0 aliphatic carbocycles. The molecule has 156 valence electrons. The summed E-state index contributed by atoms with van der Waals surface area (Å²) >= 11 is 6.08. The van der Waals surface area contributed by atoms with E-state index < -0.39 is 6.61 Å². The number of ether oxygens (including phenoxy) is 2. The predicted octanol–water partition coefficient (Wildman–Crippen LogP) is 4.05. The number of carbonyl (C=O) groups is 1. The van der Waals surface area contributed by atoms with Gasteiger partial charge in [0.15, 0.2) is 11.5 Å². The van der Waals surface area contributed by atoms with Crippen LogP contribution in [-0.4, -0.2) is 55.6 Å². The smallest absolute Gasteiger partial charge is 0.387 e. The molecule has 9 heteroatoms. The number of nitrogens with zero attached hydrogens (tertiary/aromatic N) is 2. The summed E-state index contributed by atoms with van der Waals surface area (Å²) in [5.41, 5.74) is 1.16. The lowest BCUT2D eigenvalue weighted by molar-refractivity contribution is -0.0512. The number of carbonyl (C=O) groups excluding carboxylic acids is 1. The molecule has 1 aliphatic heterocycles. The molecule has 5 nitrogen and oxygen atoms in total. The van der Waals surface area contributed by atoms with Crippen molar-refractivity contribution in [2.75, 3.05) is 33.3 Å². The quantitative estimate of drug-likeness (QED) is 0.696. The second-order valence-corrected chi connectivity index (χ2v) is 6.96. The minimum Gasteiger partial charge on any atom is -0.493 e. The molecule has 1 fully saturated rings. The molecule has 3 rings (SSSR count). The first-order valence-electron chi connectivity index (χ1n) is 8.96. The van der Waals surface area contributed by atoms with E-state index >= 15 is 0 Å². The molecule has 1 heterocycles. The molecule has 0 spiro atoms. The van der Waals surface area contributed by atoms with Gasteiger partial charge in [-0.05, 0) is 35.9 Å². The van der Waals surface area contributed by atoms with Crippen molar-refractivity contribution < 1.29 is 27.4 Å². The van der Waals surface area contributed by atoms with E-state index in [0.29, 0.717) is 43.3 Å². The van der Waals surface area contributed by atoms with Gasteiger partial charge in [0.1, 0.15) is 5.82 Å². The summed E-state index contributed by atoms with van der Waals surface area (Å²) in [6.45, 7) is -0.168. The van der Waals surface area contributed by atoms with Crippen molar-refractivity contribution in [2.24, 2.45) is 0 Å². The Bertz CT molecular complexity index is 874. The highest BCUT2D eigenvalue weighted by Crippen LogP contribution is 2.30. The maximum absolute atomic E-state index is 13.2. The van der Waals surface area contributed by atoms with Crippen molar-refractivity contribution in [3.05, 3.63) is 58.4 Å². The highest BCUT2D eigenvalue weighted by molar-refractivity contribution is 6.31. The Morgan fingerprint density at radius 1 is 1.10 bits per heavy atom. The van der Waals surface area contributed by atoms with Gasteiger partial charge in [0.25, 0.3) is 5.91 Å². The summed E-state index contributed by atoms with van der Waals surface area (Å²) in [6, 6.07) is 8.44. The van der Waals surface area contributed by atoms with Gasteiger partial charge >= 0.3 is 6.61 Å². The van der Waals surface area contributed by atoms with Gasteiger partial charge < -0.3 is 14.4 Å². The SMILES string of the molecule is COc1cc(C(=O)N2CCN(Cc3ccc(F)cc3Cl)CC2)ccc1OC(F)F. The van der Waals surface area contributed by atoms with Crippen LogP contribution in [0, 0.1) is 5.82 Å². The highest BCUT2D eigenvalue weighted by Gasteiger charge is 2.24. The number of hydrogen-bond acceptors (Lipinski definition) is 4. The van der Waals surface area contributed by atoms with Crippen LogP contribution in [0.25, 0.3) is 0 Å². The lowest BCUT2D eigenvalue weighted by Crippen LogP contribution is -2.48. The van der Waals surface area contributed by atoms with Gasteiger partial charge in [0.2, 0.25) is 0 Å². The van der Waals surface area contributed by atoms with Crippen LogP contribution in [-0.2, 0) is 6.54 Å². The largest absolute Gasteiger partial charge is 0.493 e. The second kappa shape index (κ2) is 9.37. The average Bonchev–Trinajstić information content (AvgIpc) is 2.70. The zero-order valence-electron chi connectivity index (χ0n) is 15.7. The fourth-order valence-electron chi connectivity index (χ4n) is 3.18. The first kappa shape index (κ1) is 21.3. The van der Waals surface area contributed by atoms with Crippen LogP contribution in [0.4, 0.5) is 13.2 Å². The number of halogens is 4. The van der Waals surface area contributed by atoms with E-state index in [1.807, 2.05) is 0 Å². The maximum Gasteiger partial charge on any atom is 0.387 e. The van der Waals surface area contributed by atoms with Crippen molar-refractivity contribution in [3.8, 4) is 11.5 Å². The Morgan fingerprint density at radius 3 is 2.45 bits per heavy atom. The van der Waals surface area contributed by atoms with Crippen LogP contribution in [0.2, 0.25) is 5.02 Å². The van der Waals surface area contributed by atoms with Crippen molar-refractivity contribution in [1.82, 2.24) is 9.80 Å². The maximum atomic E-state index is 13.2. The number of benzene rings is 2. The molecular formula is C20H20ClF3N2O3. The summed E-state index contributed by atoms with van der Waals surface area (Å²) in [5, 5.41) is 0.377. The number of piperazine rings is 1. The molecule has 0 bridgehead atoms. The third-order valence-electron chi connectivity index (χ3n) is 4.70. The van der Waals surface area contributed by atoms with Crippen molar-refractivity contribution in [3.63, 3.8) is 0 Å². The number of alkyl halides is 2. The number of methoxy groups -OCH3 is 1. The Kier molecular flexibility index (Phi) is 6.87. The van der Waals surface area contributed by atoms with Crippen LogP contribution >= 0.6 is 11.6 Å². The van der Waals surface area contributed by atoms with Gasteiger partial charge in [-0.25, -0.2) is 4.39 Å². The Hall–Kier alpha value is -2.45. The molecule has 1 aliphatic rings. The minimum absolute atomic E-state index is 0.0701. The van der Waals surface area contributed by atoms with E-state index in [1.165, 1.54) is 37.4 Å². The molecule has 0 aromatic heterocycles. The third-order valence-corrected chi connectivity index (χ3v) is 5.05. The lowest BCUT2D eigenvalue weighted by atomic mass is 10.1. The van der Waals surface area contributed by atoms with Gasteiger partial charge in [0.05, 0.1) is 7.11 Å². The zero-order chi connectivity index (χ0) is 21.0. The zero-order valence-corrected chi connectivity index (χ0v) is 16.5. The fourth-order valence-corrected chi connectivity index (χ4v) is 3.40. The van der Waals surface area contributed by atoms with Gasteiger partial charge in [0, 0.05) is 43.3 Å². The van der Waals surface area contributed by atoms with Crippen LogP contribution in [0.3, 0.4) is 0 Å². The Morgan fingerprint density at radius 2 is 1.83 bits per heavy atom. The molecule has 0 radical (unpaired) electrons. The Balaban J connectivity index is 1.61. The number of amides is 1. The molecular weight excluding hydrogens is 409 g/mol. The van der Waals surface area contributed by atoms with Crippen LogP contribution in [0.1, 0.15) is 15.9 Å². The number of rotatable bonds is 6. The van der Waals surface area contributed by atoms with Crippen molar-refractivity contribution in [2.45, 2.75) is 13.2 Å². The van der Waals surface area contributed by atoms with Gasteiger partial charge in [-0.15, -0.1) is 0 Å². The molecule has 0 unspecified atom stereocenters. The third kappa shape index (κ3) is 5.33. The molecule has 0 atom stereocenters. The molecule has 2 aromatic carbocycles. The average molecular weight is 429 g/mol. The van der Waals surface area contributed by atoms with E-state index in [-0.39, 0.29) is 23.2 Å². The fraction of sp³-hybridized carbons (Fsp3) is 0.350. The molecule has 2 aromatic rings. The lowest BCUT2D eigenvalue weighted by Gasteiger charge is -2.35. The van der Waals surface area contributed by atoms with E-state index in [1.54, 1.807) is 11.0 Å². The molecule has 0 N–H and O–H groups in total. The van der Waals surface area contributed by atoms with Gasteiger partial charge in [-0.2, -0.15) is 8.78 Å². The van der Waals surface area contributed by atoms with Crippen molar-refractivity contribution >= 4 is 17.5 Å². The van der Waals surface area contributed by atoms with E-state index in [0.717, 1.165) is 5.56 Å². The first-order chi connectivity index (χ1) is 13.9. The monoisotopic (exact) mass is 428 g/mol. The van der Waals surface area contributed by atoms with Gasteiger partial charge in [-0.1, -0.05) is 17.7 Å². The molecule has 0 saturated carbocycles. The molecule has 29 heavy (non-hydrogen) atoms. The standard InChI is InChI=1S/C20H20ClF3N2O3/c1-28-18-10-13(3-5-17(18)29-20(23)24)19(27)26-8-6-25(7-9-26)12-14-2-4-15(22)11-16(14)21/h2-5,10-11,20H,6-9,12H2,1H3. The van der Waals surface area contributed by atoms with Crippen LogP contribution in [0.5, 0.6) is 11.5 Å². The normalized spacial score (nSPS) is 14.9. The van der Waals surface area contributed by atoms with Crippen molar-refractivity contribution in [1.29, 1.82) is 0 Å². The summed E-state index contributed by atoms with van der Waals surface area (Å²) < 4.78 is 47.5. The predicted molar refractivity (Wildman–Crippen MR) is 102 cm³/mol. The van der Waals surface area contributed by atoms with Crippen LogP contribution in [0.15, 0.2) is 36.4 Å². The summed E-state index contributed by atoms with van der Waals surface area (Å²) in [4.78, 5) is 16.6. The van der Waals surface area contributed by atoms with E-state index in [2.05, 4.69) is 9.64 Å². The molecule has 1 saturated heterocycles. The number of hydrogen-bond donors (Lipinski definition) is 0. The van der Waals surface area contributed by atoms with E-state index in [4.69, 9.17) is 16.3 Å². The van der Waals surface area contributed by atoms with E-state index in [9.17, 15) is 18.0 Å². The molecule has 1 amide bonds. The summed E-state index contributed by atoms with van der Waals surface area (Å²) in [5.74, 6) is -0.651. The highest BCUT2D eigenvalue weighted by atomic mass is 35.5. The second-order valence-electron chi connectivity index (χ2n) is 6.55. The summed E-state index contributed by atoms with van der Waals surface area (Å²) in [7, 11) is 1.32. The minimum atomic E-state index is -2.98. The van der Waals surface area contributed by atoms with Crippen LogP contribution < -0.4 is 9.47 Å². The topological polar surface area (TPSA) is 42.0 Å². The first-order valence-corrected chi connectivity index (χ1v) is 9.33. The van der Waals surface area contributed by atoms with Gasteiger partial charge in [-0.3, -0.25) is 9.69 Å². The Labute approximate surface area is 171 Å². The summed E-state index contributed by atoms with van der Waals surface area (Å²) in [6.07, 6.45) is 0.